The Morgan fingerprint density at radius 3 is 2.47 bits per heavy atom. The van der Waals surface area contributed by atoms with Crippen molar-refractivity contribution >= 4 is 17.6 Å². The Kier molecular flexibility index (Phi) is 6.96. The molecule has 1 aromatic heterocycles. The van der Waals surface area contributed by atoms with Crippen molar-refractivity contribution in [2.75, 3.05) is 11.9 Å². The van der Waals surface area contributed by atoms with Crippen LogP contribution in [0.2, 0.25) is 0 Å². The van der Waals surface area contributed by atoms with E-state index >= 15 is 0 Å². The average Bonchev–Trinajstić information content (AvgIpc) is 2.78. The number of anilines is 2. The van der Waals surface area contributed by atoms with Gasteiger partial charge in [-0.2, -0.15) is 15.5 Å². The van der Waals surface area contributed by atoms with Gasteiger partial charge in [-0.15, -0.1) is 5.10 Å². The van der Waals surface area contributed by atoms with Gasteiger partial charge in [0.1, 0.15) is 5.75 Å². The molecule has 3 aromatic rings. The first-order valence-electron chi connectivity index (χ1n) is 9.67. The van der Waals surface area contributed by atoms with E-state index in [9.17, 15) is 9.90 Å². The second kappa shape index (κ2) is 10.0. The lowest BCUT2D eigenvalue weighted by atomic mass is 10.1. The Balaban J connectivity index is 1.98. The van der Waals surface area contributed by atoms with Crippen molar-refractivity contribution < 1.29 is 9.84 Å². The van der Waals surface area contributed by atoms with Crippen LogP contribution in [0.4, 0.5) is 11.5 Å². The summed E-state index contributed by atoms with van der Waals surface area (Å²) in [5, 5.41) is 34.0. The molecule has 2 aromatic carbocycles. The first-order chi connectivity index (χ1) is 15.4. The Hall–Kier alpha value is -4.47. The maximum absolute atomic E-state index is 12.7. The minimum Gasteiger partial charge on any atom is -0.423 e. The molecule has 9 heteroatoms. The summed E-state index contributed by atoms with van der Waals surface area (Å²) in [6, 6.07) is 14.2. The van der Waals surface area contributed by atoms with Gasteiger partial charge in [-0.25, -0.2) is 4.68 Å². The van der Waals surface area contributed by atoms with Gasteiger partial charge in [-0.3, -0.25) is 4.79 Å². The van der Waals surface area contributed by atoms with Crippen LogP contribution >= 0.6 is 0 Å². The van der Waals surface area contributed by atoms with Crippen molar-refractivity contribution in [2.45, 2.75) is 20.4 Å². The molecule has 0 bridgehead atoms. The van der Waals surface area contributed by atoms with E-state index < -0.39 is 5.56 Å². The number of allylic oxidation sites excluding steroid dienone is 1. The Morgan fingerprint density at radius 1 is 1.19 bits per heavy atom. The van der Waals surface area contributed by atoms with E-state index in [4.69, 9.17) is 15.3 Å². The van der Waals surface area contributed by atoms with Crippen LogP contribution in [0.5, 0.6) is 11.8 Å². The number of aromatic nitrogens is 3. The summed E-state index contributed by atoms with van der Waals surface area (Å²) in [4.78, 5) is 16.9. The maximum atomic E-state index is 12.7. The van der Waals surface area contributed by atoms with Crippen LogP contribution < -0.4 is 15.6 Å². The highest BCUT2D eigenvalue weighted by Crippen LogP contribution is 2.29. The molecule has 0 saturated heterocycles. The fraction of sp³-hybridized carbons (Fsp3) is 0.174. The Labute approximate surface area is 184 Å². The van der Waals surface area contributed by atoms with Crippen molar-refractivity contribution in [3.05, 3.63) is 75.1 Å². The van der Waals surface area contributed by atoms with Crippen LogP contribution in [0.3, 0.4) is 0 Å². The number of aryl methyl sites for hydroxylation is 2. The number of aliphatic hydroxyl groups is 1. The molecule has 9 nitrogen and oxygen atoms in total. The van der Waals surface area contributed by atoms with Gasteiger partial charge in [-0.1, -0.05) is 0 Å². The van der Waals surface area contributed by atoms with Crippen molar-refractivity contribution in [3.8, 4) is 23.9 Å². The van der Waals surface area contributed by atoms with Crippen LogP contribution in [0, 0.1) is 36.5 Å². The number of aliphatic hydroxyl groups excluding tert-OH is 1. The van der Waals surface area contributed by atoms with Gasteiger partial charge in [0, 0.05) is 11.8 Å². The molecule has 0 aliphatic heterocycles. The van der Waals surface area contributed by atoms with Crippen LogP contribution in [0.15, 0.2) is 47.3 Å². The van der Waals surface area contributed by atoms with Crippen LogP contribution in [0.25, 0.3) is 6.08 Å². The zero-order valence-electron chi connectivity index (χ0n) is 17.5. The molecule has 0 atom stereocenters. The topological polar surface area (TPSA) is 137 Å². The first-order valence-corrected chi connectivity index (χ1v) is 9.67. The molecule has 3 rings (SSSR count). The predicted octanol–water partition coefficient (Wildman–Crippen LogP) is 3.19. The lowest BCUT2D eigenvalue weighted by Gasteiger charge is -2.14. The maximum Gasteiger partial charge on any atom is 0.341 e. The van der Waals surface area contributed by atoms with Crippen molar-refractivity contribution in [1.82, 2.24) is 14.8 Å². The molecule has 2 N–H and O–H groups in total. The monoisotopic (exact) mass is 428 g/mol. The van der Waals surface area contributed by atoms with E-state index in [-0.39, 0.29) is 25.0 Å². The highest BCUT2D eigenvalue weighted by molar-refractivity contribution is 5.59. The molecule has 0 amide bonds. The van der Waals surface area contributed by atoms with Gasteiger partial charge in [-0.05, 0) is 73.0 Å². The van der Waals surface area contributed by atoms with Crippen LogP contribution in [0.1, 0.15) is 22.3 Å². The van der Waals surface area contributed by atoms with E-state index in [2.05, 4.69) is 15.4 Å². The highest BCUT2D eigenvalue weighted by Gasteiger charge is 2.15. The molecule has 0 unspecified atom stereocenters. The van der Waals surface area contributed by atoms with E-state index in [1.54, 1.807) is 30.3 Å². The molecule has 0 spiro atoms. The molecule has 0 aliphatic carbocycles. The minimum absolute atomic E-state index is 0.0305. The first kappa shape index (κ1) is 22.2. The summed E-state index contributed by atoms with van der Waals surface area (Å²) in [6.45, 7) is 3.39. The smallest absolute Gasteiger partial charge is 0.341 e. The fourth-order valence-corrected chi connectivity index (χ4v) is 3.04. The zero-order valence-corrected chi connectivity index (χ0v) is 17.5. The molecular weight excluding hydrogens is 408 g/mol. The minimum atomic E-state index is -0.527. The fourth-order valence-electron chi connectivity index (χ4n) is 3.04. The third-order valence-corrected chi connectivity index (χ3v) is 4.47. The summed E-state index contributed by atoms with van der Waals surface area (Å²) in [5.74, 6) is 0.495. The summed E-state index contributed by atoms with van der Waals surface area (Å²) in [5.41, 5.74) is 2.96. The predicted molar refractivity (Wildman–Crippen MR) is 118 cm³/mol. The van der Waals surface area contributed by atoms with Crippen LogP contribution in [-0.4, -0.2) is 26.5 Å². The zero-order chi connectivity index (χ0) is 23.1. The quantitative estimate of drug-likeness (QED) is 0.547. The van der Waals surface area contributed by atoms with Gasteiger partial charge in [0.15, 0.2) is 0 Å². The van der Waals surface area contributed by atoms with Crippen molar-refractivity contribution in [1.29, 1.82) is 10.5 Å². The normalized spacial score (nSPS) is 10.5. The average molecular weight is 428 g/mol. The molecular formula is C23H20N6O3. The standard InChI is InChI=1S/C23H20N6O3/c1-15-12-18(4-3-9-24)13-16(2)20(15)32-23-27-21(22(31)29(28-23)10-11-30)26-19-7-5-17(14-25)6-8-19/h3-8,12-13,30H,10-11H2,1-2H3,(H,26,27,28)/b4-3+. The Morgan fingerprint density at radius 2 is 1.88 bits per heavy atom. The van der Waals surface area contributed by atoms with E-state index in [1.165, 1.54) is 6.08 Å². The third-order valence-electron chi connectivity index (χ3n) is 4.47. The molecule has 1 heterocycles. The largest absolute Gasteiger partial charge is 0.423 e. The molecule has 0 aliphatic rings. The van der Waals surface area contributed by atoms with Gasteiger partial charge < -0.3 is 15.2 Å². The number of benzene rings is 2. The van der Waals surface area contributed by atoms with E-state index in [0.717, 1.165) is 21.4 Å². The second-order valence-corrected chi connectivity index (χ2v) is 6.86. The van der Waals surface area contributed by atoms with E-state index in [0.29, 0.717) is 17.0 Å². The molecule has 0 radical (unpaired) electrons. The summed E-state index contributed by atoms with van der Waals surface area (Å²) >= 11 is 0. The molecule has 0 fully saturated rings. The molecule has 32 heavy (non-hydrogen) atoms. The number of rotatable bonds is 7. The second-order valence-electron chi connectivity index (χ2n) is 6.86. The number of hydrogen-bond acceptors (Lipinski definition) is 8. The summed E-state index contributed by atoms with van der Waals surface area (Å²) in [6.07, 6.45) is 3.09. The van der Waals surface area contributed by atoms with Gasteiger partial charge in [0.2, 0.25) is 5.82 Å². The summed E-state index contributed by atoms with van der Waals surface area (Å²) in [7, 11) is 0. The number of ether oxygens (including phenoxy) is 1. The highest BCUT2D eigenvalue weighted by atomic mass is 16.5. The number of hydrogen-bond donors (Lipinski definition) is 2. The number of nitrogens with zero attached hydrogens (tertiary/aromatic N) is 5. The van der Waals surface area contributed by atoms with Gasteiger partial charge in [0.25, 0.3) is 0 Å². The lowest BCUT2D eigenvalue weighted by molar-refractivity contribution is 0.262. The summed E-state index contributed by atoms with van der Waals surface area (Å²) < 4.78 is 6.99. The van der Waals surface area contributed by atoms with Gasteiger partial charge in [0.05, 0.1) is 30.9 Å². The van der Waals surface area contributed by atoms with Crippen molar-refractivity contribution in [3.63, 3.8) is 0 Å². The SMILES string of the molecule is Cc1cc(/C=C/C#N)cc(C)c1Oc1nc(Nc2ccc(C#N)cc2)c(=O)n(CCO)n1. The molecule has 160 valence electrons. The lowest BCUT2D eigenvalue weighted by Crippen LogP contribution is -2.28. The van der Waals surface area contributed by atoms with Gasteiger partial charge >= 0.3 is 11.6 Å². The van der Waals surface area contributed by atoms with Crippen molar-refractivity contribution in [2.24, 2.45) is 0 Å². The molecule has 0 saturated carbocycles. The Bertz CT molecular complexity index is 1270. The third kappa shape index (κ3) is 5.17. The van der Waals surface area contributed by atoms with Crippen LogP contribution in [-0.2, 0) is 6.54 Å². The number of nitrogens with one attached hydrogen (secondary N) is 1. The van der Waals surface area contributed by atoms with E-state index in [1.807, 2.05) is 38.1 Å². The number of nitriles is 2.